The monoisotopic (exact) mass is 455 g/mol. The first-order valence-corrected chi connectivity index (χ1v) is 10.6. The molecule has 3 aromatic rings. The number of nitrogens with zero attached hydrogens (tertiary/aromatic N) is 2. The van der Waals surface area contributed by atoms with Crippen LogP contribution in [-0.4, -0.2) is 24.6 Å². The lowest BCUT2D eigenvalue weighted by atomic mass is 10.1. The Morgan fingerprint density at radius 3 is 2.50 bits per heavy atom. The Bertz CT molecular complexity index is 1170. The van der Waals surface area contributed by atoms with Gasteiger partial charge in [0.1, 0.15) is 28.9 Å². The minimum atomic E-state index is -0.250. The van der Waals surface area contributed by atoms with Crippen molar-refractivity contribution in [3.05, 3.63) is 46.6 Å². The largest absolute Gasteiger partial charge is 0.495 e. The first-order chi connectivity index (χ1) is 15.4. The Morgan fingerprint density at radius 1 is 1.22 bits per heavy atom. The number of carbonyl (C=O) groups is 1. The molecule has 1 amide bonds. The van der Waals surface area contributed by atoms with Gasteiger partial charge in [0.05, 0.1) is 35.6 Å². The van der Waals surface area contributed by atoms with Gasteiger partial charge >= 0.3 is 0 Å². The molecule has 0 atom stereocenters. The summed E-state index contributed by atoms with van der Waals surface area (Å²) in [4.78, 5) is 16.2. The molecule has 3 rings (SSSR count). The molecular weight excluding hydrogens is 430 g/mol. The Kier molecular flexibility index (Phi) is 8.68. The molecule has 1 aromatic heterocycles. The van der Waals surface area contributed by atoms with Gasteiger partial charge in [-0.1, -0.05) is 25.4 Å². The van der Waals surface area contributed by atoms with Gasteiger partial charge in [-0.25, -0.2) is 0 Å². The number of nitrogens with one attached hydrogen (secondary N) is 1. The topological polar surface area (TPSA) is 93.5 Å². The number of aryl methyl sites for hydroxylation is 1. The Morgan fingerprint density at radius 2 is 1.94 bits per heavy atom. The third-order valence-corrected chi connectivity index (χ3v) is 4.58. The predicted octanol–water partition coefficient (Wildman–Crippen LogP) is 6.25. The van der Waals surface area contributed by atoms with Crippen LogP contribution in [0.3, 0.4) is 0 Å². The average Bonchev–Trinajstić information content (AvgIpc) is 2.76. The van der Waals surface area contributed by atoms with E-state index in [2.05, 4.69) is 16.4 Å². The van der Waals surface area contributed by atoms with Crippen molar-refractivity contribution in [3.8, 4) is 29.1 Å². The third kappa shape index (κ3) is 5.40. The normalized spacial score (nSPS) is 9.94. The molecule has 0 aliphatic heterocycles. The maximum atomic E-state index is 11.7. The summed E-state index contributed by atoms with van der Waals surface area (Å²) in [5.74, 6) is 1.49. The summed E-state index contributed by atoms with van der Waals surface area (Å²) in [7, 11) is 1.52. The van der Waals surface area contributed by atoms with Gasteiger partial charge < -0.3 is 19.5 Å². The van der Waals surface area contributed by atoms with Gasteiger partial charge in [-0.3, -0.25) is 9.78 Å². The summed E-state index contributed by atoms with van der Waals surface area (Å²) in [6, 6.07) is 10.5. The Labute approximate surface area is 192 Å². The quantitative estimate of drug-likeness (QED) is 0.472. The fourth-order valence-electron chi connectivity index (χ4n) is 3.01. The maximum absolute atomic E-state index is 11.7. The van der Waals surface area contributed by atoms with E-state index >= 15 is 0 Å². The second-order valence-electron chi connectivity index (χ2n) is 6.39. The van der Waals surface area contributed by atoms with E-state index in [9.17, 15) is 10.1 Å². The van der Waals surface area contributed by atoms with Crippen LogP contribution in [0.15, 0.2) is 30.3 Å². The van der Waals surface area contributed by atoms with Crippen molar-refractivity contribution in [2.75, 3.05) is 19.0 Å². The number of methoxy groups -OCH3 is 1. The SMILES string of the molecule is CC.CCOc1cc2nc(C)c(C#N)c(Oc3ccc(OC)c(Cl)c3)c2cc1NC(C)=O. The van der Waals surface area contributed by atoms with Crippen molar-refractivity contribution >= 4 is 34.1 Å². The van der Waals surface area contributed by atoms with Crippen molar-refractivity contribution in [1.82, 2.24) is 4.98 Å². The lowest BCUT2D eigenvalue weighted by Gasteiger charge is -2.16. The van der Waals surface area contributed by atoms with Gasteiger partial charge in [0, 0.05) is 24.4 Å². The number of benzene rings is 2. The Hall–Kier alpha value is -3.50. The number of ether oxygens (including phenoxy) is 3. The van der Waals surface area contributed by atoms with Crippen LogP contribution >= 0.6 is 11.6 Å². The molecule has 0 aliphatic rings. The van der Waals surface area contributed by atoms with Crippen LogP contribution in [0, 0.1) is 18.3 Å². The molecule has 168 valence electrons. The molecule has 8 heteroatoms. The number of amides is 1. The zero-order chi connectivity index (χ0) is 23.8. The van der Waals surface area contributed by atoms with E-state index in [1.54, 1.807) is 37.3 Å². The van der Waals surface area contributed by atoms with Crippen molar-refractivity contribution in [2.45, 2.75) is 34.6 Å². The number of carbonyl (C=O) groups excluding carboxylic acids is 1. The van der Waals surface area contributed by atoms with Gasteiger partial charge in [0.2, 0.25) is 5.91 Å². The molecule has 0 spiro atoms. The zero-order valence-corrected chi connectivity index (χ0v) is 19.8. The molecule has 32 heavy (non-hydrogen) atoms. The number of fused-ring (bicyclic) bond motifs is 1. The molecular formula is C24H26ClN3O4. The van der Waals surface area contributed by atoms with Crippen LogP contribution in [0.25, 0.3) is 10.9 Å². The van der Waals surface area contributed by atoms with Crippen molar-refractivity contribution in [2.24, 2.45) is 0 Å². The molecule has 2 aromatic carbocycles. The predicted molar refractivity (Wildman–Crippen MR) is 126 cm³/mol. The number of pyridine rings is 1. The fraction of sp³-hybridized carbons (Fsp3) is 0.292. The molecule has 0 bridgehead atoms. The molecule has 0 radical (unpaired) electrons. The van der Waals surface area contributed by atoms with Crippen LogP contribution < -0.4 is 19.5 Å². The first-order valence-electron chi connectivity index (χ1n) is 10.2. The van der Waals surface area contributed by atoms with Crippen molar-refractivity contribution in [3.63, 3.8) is 0 Å². The molecule has 0 aliphatic carbocycles. The van der Waals surface area contributed by atoms with E-state index in [1.807, 2.05) is 20.8 Å². The maximum Gasteiger partial charge on any atom is 0.221 e. The Balaban J connectivity index is 0.00000176. The summed E-state index contributed by atoms with van der Waals surface area (Å²) in [6.07, 6.45) is 0. The number of hydrogen-bond acceptors (Lipinski definition) is 6. The van der Waals surface area contributed by atoms with Crippen LogP contribution in [0.5, 0.6) is 23.0 Å². The second kappa shape index (κ2) is 11.2. The van der Waals surface area contributed by atoms with E-state index < -0.39 is 0 Å². The van der Waals surface area contributed by atoms with Crippen LogP contribution in [0.2, 0.25) is 5.02 Å². The summed E-state index contributed by atoms with van der Waals surface area (Å²) in [5.41, 5.74) is 1.82. The minimum absolute atomic E-state index is 0.250. The van der Waals surface area contributed by atoms with E-state index in [4.69, 9.17) is 25.8 Å². The molecule has 7 nitrogen and oxygen atoms in total. The van der Waals surface area contributed by atoms with Crippen LogP contribution in [0.1, 0.15) is 39.0 Å². The fourth-order valence-corrected chi connectivity index (χ4v) is 3.26. The van der Waals surface area contributed by atoms with Crippen LogP contribution in [-0.2, 0) is 4.79 Å². The van der Waals surface area contributed by atoms with Crippen LogP contribution in [0.4, 0.5) is 5.69 Å². The van der Waals surface area contributed by atoms with E-state index in [0.29, 0.717) is 56.9 Å². The number of anilines is 1. The van der Waals surface area contributed by atoms with E-state index in [0.717, 1.165) is 0 Å². The highest BCUT2D eigenvalue weighted by Gasteiger charge is 2.19. The van der Waals surface area contributed by atoms with Gasteiger partial charge in [0.25, 0.3) is 0 Å². The average molecular weight is 456 g/mol. The lowest BCUT2D eigenvalue weighted by Crippen LogP contribution is -2.08. The number of hydrogen-bond donors (Lipinski definition) is 1. The molecule has 1 N–H and O–H groups in total. The van der Waals surface area contributed by atoms with E-state index in [-0.39, 0.29) is 11.5 Å². The molecule has 1 heterocycles. The highest BCUT2D eigenvalue weighted by Crippen LogP contribution is 2.40. The highest BCUT2D eigenvalue weighted by molar-refractivity contribution is 6.32. The third-order valence-electron chi connectivity index (χ3n) is 4.29. The zero-order valence-electron chi connectivity index (χ0n) is 19.0. The number of nitriles is 1. The number of halogens is 1. The summed E-state index contributed by atoms with van der Waals surface area (Å²) in [5, 5.41) is 13.4. The lowest BCUT2D eigenvalue weighted by molar-refractivity contribution is -0.114. The molecule has 0 fully saturated rings. The number of aromatic nitrogens is 1. The van der Waals surface area contributed by atoms with Crippen molar-refractivity contribution in [1.29, 1.82) is 5.26 Å². The first kappa shape index (κ1) is 24.8. The standard InChI is InChI=1S/C22H20ClN3O4.C2H6/c1-5-29-21-10-18-15(9-19(21)26-13(3)27)22(16(11-24)12(2)25-18)30-14-6-7-20(28-4)17(23)8-14;1-2/h6-10H,5H2,1-4H3,(H,26,27);1-2H3. The van der Waals surface area contributed by atoms with E-state index in [1.165, 1.54) is 14.0 Å². The van der Waals surface area contributed by atoms with Gasteiger partial charge in [-0.05, 0) is 32.0 Å². The number of rotatable bonds is 6. The summed E-state index contributed by atoms with van der Waals surface area (Å²) >= 11 is 6.21. The van der Waals surface area contributed by atoms with Gasteiger partial charge in [-0.2, -0.15) is 5.26 Å². The minimum Gasteiger partial charge on any atom is -0.495 e. The smallest absolute Gasteiger partial charge is 0.221 e. The highest BCUT2D eigenvalue weighted by atomic mass is 35.5. The van der Waals surface area contributed by atoms with Gasteiger partial charge in [-0.15, -0.1) is 0 Å². The summed E-state index contributed by atoms with van der Waals surface area (Å²) < 4.78 is 16.9. The van der Waals surface area contributed by atoms with Gasteiger partial charge in [0.15, 0.2) is 5.75 Å². The van der Waals surface area contributed by atoms with Crippen molar-refractivity contribution < 1.29 is 19.0 Å². The molecule has 0 unspecified atom stereocenters. The molecule has 0 saturated heterocycles. The second-order valence-corrected chi connectivity index (χ2v) is 6.80. The molecule has 0 saturated carbocycles. The summed E-state index contributed by atoms with van der Waals surface area (Å²) in [6.45, 7) is 9.40.